The summed E-state index contributed by atoms with van der Waals surface area (Å²) < 4.78 is 0.973. The van der Waals surface area contributed by atoms with Gasteiger partial charge in [0.2, 0.25) is 0 Å². The van der Waals surface area contributed by atoms with E-state index in [2.05, 4.69) is 0 Å². The Morgan fingerprint density at radius 1 is 1.25 bits per heavy atom. The maximum atomic E-state index is 12.6. The summed E-state index contributed by atoms with van der Waals surface area (Å²) in [5, 5.41) is 0. The maximum absolute atomic E-state index is 12.6. The molecule has 0 N–H and O–H groups in total. The number of nitrogens with zero attached hydrogens (tertiary/aromatic N) is 1. The molecule has 2 rings (SSSR count). The van der Waals surface area contributed by atoms with Crippen molar-refractivity contribution in [2.45, 2.75) is 26.4 Å². The lowest BCUT2D eigenvalue weighted by Gasteiger charge is -2.26. The summed E-state index contributed by atoms with van der Waals surface area (Å²) in [5.74, 6) is -0.0861. The fourth-order valence-electron chi connectivity index (χ4n) is 1.91. The number of rotatable bonds is 4. The zero-order valence-corrected chi connectivity index (χ0v) is 13.6. The molecule has 2 nitrogen and oxygen atoms in total. The van der Waals surface area contributed by atoms with Crippen LogP contribution in [0.2, 0.25) is 8.67 Å². The average Bonchev–Trinajstić information content (AvgIpc) is 2.75. The van der Waals surface area contributed by atoms with Gasteiger partial charge >= 0.3 is 0 Å². The number of hydrogen-bond donors (Lipinski definition) is 0. The quantitative estimate of drug-likeness (QED) is 0.764. The van der Waals surface area contributed by atoms with Gasteiger partial charge in [0.25, 0.3) is 5.91 Å². The second-order valence-corrected chi connectivity index (χ2v) is 7.04. The fourth-order valence-corrected chi connectivity index (χ4v) is 3.36. The van der Waals surface area contributed by atoms with Gasteiger partial charge < -0.3 is 4.90 Å². The maximum Gasteiger partial charge on any atom is 0.256 e. The van der Waals surface area contributed by atoms with Gasteiger partial charge in [-0.15, -0.1) is 11.3 Å². The first-order chi connectivity index (χ1) is 9.49. The van der Waals surface area contributed by atoms with Crippen molar-refractivity contribution in [3.63, 3.8) is 0 Å². The summed E-state index contributed by atoms with van der Waals surface area (Å²) in [6.45, 7) is 4.53. The third-order valence-electron chi connectivity index (χ3n) is 2.97. The molecule has 0 unspecified atom stereocenters. The van der Waals surface area contributed by atoms with Crippen molar-refractivity contribution in [3.8, 4) is 0 Å². The van der Waals surface area contributed by atoms with Crippen molar-refractivity contribution in [1.82, 2.24) is 4.90 Å². The van der Waals surface area contributed by atoms with E-state index in [1.807, 2.05) is 44.2 Å². The first-order valence-corrected chi connectivity index (χ1v) is 7.86. The molecule has 1 aromatic heterocycles. The summed E-state index contributed by atoms with van der Waals surface area (Å²) in [6.07, 6.45) is 0. The SMILES string of the molecule is CC(C)N(Cc1ccccc1)C(=O)c1cc(Cl)sc1Cl. The number of carbonyl (C=O) groups excluding carboxylic acids is 1. The van der Waals surface area contributed by atoms with Crippen LogP contribution < -0.4 is 0 Å². The summed E-state index contributed by atoms with van der Waals surface area (Å²) >= 11 is 13.2. The molecule has 0 aliphatic heterocycles. The molecule has 0 saturated heterocycles. The molecule has 0 bridgehead atoms. The Balaban J connectivity index is 2.25. The number of thiophene rings is 1. The van der Waals surface area contributed by atoms with Crippen molar-refractivity contribution in [1.29, 1.82) is 0 Å². The molecule has 0 aliphatic carbocycles. The van der Waals surface area contributed by atoms with Crippen LogP contribution in [-0.4, -0.2) is 16.8 Å². The molecule has 2 aromatic rings. The molecule has 0 saturated carbocycles. The molecule has 0 fully saturated rings. The van der Waals surface area contributed by atoms with Crippen LogP contribution in [0.3, 0.4) is 0 Å². The number of hydrogen-bond acceptors (Lipinski definition) is 2. The molecule has 1 amide bonds. The summed E-state index contributed by atoms with van der Waals surface area (Å²) in [5.41, 5.74) is 1.57. The van der Waals surface area contributed by atoms with Gasteiger partial charge in [-0.3, -0.25) is 4.79 Å². The average molecular weight is 328 g/mol. The van der Waals surface area contributed by atoms with Gasteiger partial charge in [0.1, 0.15) is 4.34 Å². The second kappa shape index (κ2) is 6.61. The number of carbonyl (C=O) groups is 1. The monoisotopic (exact) mass is 327 g/mol. The lowest BCUT2D eigenvalue weighted by atomic mass is 10.1. The topological polar surface area (TPSA) is 20.3 Å². The van der Waals surface area contributed by atoms with Crippen LogP contribution in [0, 0.1) is 0 Å². The number of benzene rings is 1. The van der Waals surface area contributed by atoms with Crippen LogP contribution in [-0.2, 0) is 6.54 Å². The first kappa shape index (κ1) is 15.4. The second-order valence-electron chi connectivity index (χ2n) is 4.75. The summed E-state index contributed by atoms with van der Waals surface area (Å²) in [4.78, 5) is 14.4. The lowest BCUT2D eigenvalue weighted by molar-refractivity contribution is 0.0691. The predicted molar refractivity (Wildman–Crippen MR) is 85.8 cm³/mol. The Bertz CT molecular complexity index is 595. The first-order valence-electron chi connectivity index (χ1n) is 6.28. The van der Waals surface area contributed by atoms with E-state index >= 15 is 0 Å². The molecule has 0 radical (unpaired) electrons. The van der Waals surface area contributed by atoms with Gasteiger partial charge in [-0.25, -0.2) is 0 Å². The third kappa shape index (κ3) is 3.54. The molecular formula is C15H15Cl2NOS. The van der Waals surface area contributed by atoms with Crippen molar-refractivity contribution in [2.75, 3.05) is 0 Å². The van der Waals surface area contributed by atoms with Gasteiger partial charge in [-0.2, -0.15) is 0 Å². The largest absolute Gasteiger partial charge is 0.332 e. The number of amides is 1. The van der Waals surface area contributed by atoms with Gasteiger partial charge in [0.05, 0.1) is 9.90 Å². The van der Waals surface area contributed by atoms with E-state index in [4.69, 9.17) is 23.2 Å². The molecule has 0 atom stereocenters. The van der Waals surface area contributed by atoms with E-state index in [0.29, 0.717) is 20.8 Å². The highest BCUT2D eigenvalue weighted by molar-refractivity contribution is 7.20. The van der Waals surface area contributed by atoms with E-state index in [9.17, 15) is 4.79 Å². The molecule has 0 aliphatic rings. The fraction of sp³-hybridized carbons (Fsp3) is 0.267. The van der Waals surface area contributed by atoms with Gasteiger partial charge in [0, 0.05) is 12.6 Å². The number of halogens is 2. The highest BCUT2D eigenvalue weighted by Gasteiger charge is 2.23. The van der Waals surface area contributed by atoms with Crippen molar-refractivity contribution >= 4 is 40.4 Å². The molecule has 5 heteroatoms. The van der Waals surface area contributed by atoms with Crippen LogP contribution in [0.25, 0.3) is 0 Å². The van der Waals surface area contributed by atoms with Crippen LogP contribution in [0.1, 0.15) is 29.8 Å². The molecule has 1 heterocycles. The van der Waals surface area contributed by atoms with E-state index < -0.39 is 0 Å². The zero-order chi connectivity index (χ0) is 14.7. The molecule has 0 spiro atoms. The minimum atomic E-state index is -0.0861. The summed E-state index contributed by atoms with van der Waals surface area (Å²) in [7, 11) is 0. The van der Waals surface area contributed by atoms with E-state index in [-0.39, 0.29) is 11.9 Å². The highest BCUT2D eigenvalue weighted by Crippen LogP contribution is 2.32. The van der Waals surface area contributed by atoms with Gasteiger partial charge in [0.15, 0.2) is 0 Å². The van der Waals surface area contributed by atoms with Crippen LogP contribution in [0.4, 0.5) is 0 Å². The Kier molecular flexibility index (Phi) is 5.08. The molecule has 1 aromatic carbocycles. The molecular weight excluding hydrogens is 313 g/mol. The Morgan fingerprint density at radius 3 is 2.40 bits per heavy atom. The van der Waals surface area contributed by atoms with Crippen molar-refractivity contribution < 1.29 is 4.79 Å². The molecule has 106 valence electrons. The zero-order valence-electron chi connectivity index (χ0n) is 11.3. The van der Waals surface area contributed by atoms with Gasteiger partial charge in [-0.05, 0) is 25.5 Å². The highest BCUT2D eigenvalue weighted by atomic mass is 35.5. The Morgan fingerprint density at radius 2 is 1.90 bits per heavy atom. The van der Waals surface area contributed by atoms with E-state index in [1.165, 1.54) is 11.3 Å². The Hall–Kier alpha value is -1.03. The van der Waals surface area contributed by atoms with E-state index in [0.717, 1.165) is 5.56 Å². The van der Waals surface area contributed by atoms with Crippen molar-refractivity contribution in [3.05, 3.63) is 56.2 Å². The normalized spacial score (nSPS) is 10.8. The van der Waals surface area contributed by atoms with Gasteiger partial charge in [-0.1, -0.05) is 53.5 Å². The Labute approximate surface area is 132 Å². The van der Waals surface area contributed by atoms with Crippen LogP contribution in [0.15, 0.2) is 36.4 Å². The standard InChI is InChI=1S/C15H15Cl2NOS/c1-10(2)18(9-11-6-4-3-5-7-11)15(19)12-8-13(16)20-14(12)17/h3-8,10H,9H2,1-2H3. The lowest BCUT2D eigenvalue weighted by Crippen LogP contribution is -2.36. The third-order valence-corrected chi connectivity index (χ3v) is 4.45. The van der Waals surface area contributed by atoms with Crippen LogP contribution in [0.5, 0.6) is 0 Å². The minimum absolute atomic E-state index is 0.0810. The van der Waals surface area contributed by atoms with Crippen molar-refractivity contribution in [2.24, 2.45) is 0 Å². The van der Waals surface area contributed by atoms with E-state index in [1.54, 1.807) is 11.0 Å². The summed E-state index contributed by atoms with van der Waals surface area (Å²) in [6, 6.07) is 11.6. The predicted octanol–water partition coefficient (Wildman–Crippen LogP) is 5.11. The minimum Gasteiger partial charge on any atom is -0.332 e. The molecule has 20 heavy (non-hydrogen) atoms. The van der Waals surface area contributed by atoms with Crippen LogP contribution >= 0.6 is 34.5 Å². The smallest absolute Gasteiger partial charge is 0.256 e.